The molecule has 11 fully saturated rings. The van der Waals surface area contributed by atoms with Crippen molar-refractivity contribution in [3.63, 3.8) is 0 Å². The fourth-order valence-electron chi connectivity index (χ4n) is 14.3. The number of hydrogen-bond acceptors (Lipinski definition) is 1. The van der Waals surface area contributed by atoms with E-state index in [0.717, 1.165) is 39.7 Å². The highest BCUT2D eigenvalue weighted by atomic mass is 15.3. The minimum Gasteiger partial charge on any atom is -0.295 e. The van der Waals surface area contributed by atoms with E-state index in [0.29, 0.717) is 0 Å². The van der Waals surface area contributed by atoms with Crippen LogP contribution in [0.3, 0.4) is 0 Å². The van der Waals surface area contributed by atoms with Crippen LogP contribution in [0, 0.1) is 63.1 Å². The summed E-state index contributed by atoms with van der Waals surface area (Å²) in [5.41, 5.74) is 3.56. The summed E-state index contributed by atoms with van der Waals surface area (Å²) < 4.78 is 0. The van der Waals surface area contributed by atoms with Crippen molar-refractivity contribution in [2.75, 3.05) is 6.54 Å². The molecule has 0 aromatic carbocycles. The van der Waals surface area contributed by atoms with Crippen LogP contribution in [0.4, 0.5) is 0 Å². The zero-order chi connectivity index (χ0) is 14.1. The third-order valence-corrected chi connectivity index (χ3v) is 13.2. The summed E-state index contributed by atoms with van der Waals surface area (Å²) in [5.74, 6) is 8.32. The Morgan fingerprint density at radius 3 is 2.65 bits per heavy atom. The molecular weight excluding hydrogens is 278 g/mol. The SMILES string of the molecule is C1C2CC34CC5CC67CC8CN9C%10C1C2CC%10(C8)C6C53C(C4)C97. The standard InChI is InChI=1S/C22H27N/c1-11-4-19-5-12-6-20-2-10-3-21-7-14(11)13(1)16(21)23(9-10)17(20)15(8-19)22(12,19)18(20)21/h10-18H,1-9H2. The Morgan fingerprint density at radius 1 is 0.783 bits per heavy atom. The van der Waals surface area contributed by atoms with Gasteiger partial charge in [-0.1, -0.05) is 0 Å². The summed E-state index contributed by atoms with van der Waals surface area (Å²) in [6, 6.07) is 2.20. The molecule has 23 heavy (non-hydrogen) atoms. The second-order valence-electron chi connectivity index (χ2n) is 12.6. The van der Waals surface area contributed by atoms with E-state index >= 15 is 0 Å². The van der Waals surface area contributed by atoms with Gasteiger partial charge in [0.05, 0.1) is 0 Å². The van der Waals surface area contributed by atoms with Crippen LogP contribution in [0.25, 0.3) is 0 Å². The van der Waals surface area contributed by atoms with Crippen molar-refractivity contribution in [3.8, 4) is 0 Å². The molecule has 0 N–H and O–H groups in total. The van der Waals surface area contributed by atoms with Gasteiger partial charge in [-0.2, -0.15) is 0 Å². The maximum absolute atomic E-state index is 3.28. The Hall–Kier alpha value is -0.0400. The van der Waals surface area contributed by atoms with Crippen molar-refractivity contribution in [2.45, 2.75) is 63.5 Å². The van der Waals surface area contributed by atoms with Crippen LogP contribution in [0.2, 0.25) is 0 Å². The van der Waals surface area contributed by atoms with Crippen LogP contribution in [-0.4, -0.2) is 23.5 Å². The van der Waals surface area contributed by atoms with Gasteiger partial charge in [0.2, 0.25) is 0 Å². The molecule has 0 aromatic heterocycles. The summed E-state index contributed by atoms with van der Waals surface area (Å²) in [6.45, 7) is 1.55. The average molecular weight is 305 g/mol. The molecule has 3 saturated heterocycles. The molecule has 3 aliphatic heterocycles. The zero-order valence-corrected chi connectivity index (χ0v) is 14.0. The molecule has 11 rings (SSSR count). The minimum absolute atomic E-state index is 0.859. The molecule has 11 aliphatic rings. The van der Waals surface area contributed by atoms with E-state index in [4.69, 9.17) is 0 Å². The molecule has 14 atom stereocenters. The molecule has 8 bridgehead atoms. The molecule has 0 aromatic rings. The Balaban J connectivity index is 1.42. The number of piperidine rings is 3. The lowest BCUT2D eigenvalue weighted by Gasteiger charge is -2.79. The maximum atomic E-state index is 3.28. The third kappa shape index (κ3) is 0.629. The smallest absolute Gasteiger partial charge is 0.0193 e. The second kappa shape index (κ2) is 2.43. The van der Waals surface area contributed by atoms with Crippen LogP contribution in [0.1, 0.15) is 51.4 Å². The second-order valence-corrected chi connectivity index (χ2v) is 12.6. The van der Waals surface area contributed by atoms with E-state index in [1.54, 1.807) is 57.9 Å². The highest BCUT2D eigenvalue weighted by Gasteiger charge is 2.98. The van der Waals surface area contributed by atoms with Gasteiger partial charge in [0.15, 0.2) is 0 Å². The fraction of sp³-hybridized carbons (Fsp3) is 1.00. The van der Waals surface area contributed by atoms with Crippen molar-refractivity contribution in [2.24, 2.45) is 63.1 Å². The van der Waals surface area contributed by atoms with Gasteiger partial charge in [0.1, 0.15) is 0 Å². The van der Waals surface area contributed by atoms with E-state index in [9.17, 15) is 0 Å². The van der Waals surface area contributed by atoms with Crippen molar-refractivity contribution < 1.29 is 0 Å². The summed E-state index contributed by atoms with van der Waals surface area (Å²) in [6.07, 6.45) is 13.6. The molecule has 120 valence electrons. The molecule has 8 saturated carbocycles. The van der Waals surface area contributed by atoms with Gasteiger partial charge in [-0.15, -0.1) is 0 Å². The first-order valence-electron chi connectivity index (χ1n) is 11.0. The lowest BCUT2D eigenvalue weighted by atomic mass is 9.25. The average Bonchev–Trinajstić information content (AvgIpc) is 3.00. The Morgan fingerprint density at radius 2 is 1.70 bits per heavy atom. The summed E-state index contributed by atoms with van der Waals surface area (Å²) in [4.78, 5) is 3.28. The minimum atomic E-state index is 0.859. The molecule has 1 nitrogen and oxygen atoms in total. The molecular formula is C22H27N. The first-order valence-corrected chi connectivity index (χ1v) is 11.0. The largest absolute Gasteiger partial charge is 0.295 e. The number of rotatable bonds is 0. The predicted octanol–water partition coefficient (Wildman–Crippen LogP) is 3.54. The zero-order valence-electron chi connectivity index (χ0n) is 14.0. The lowest BCUT2D eigenvalue weighted by Crippen LogP contribution is -2.75. The van der Waals surface area contributed by atoms with E-state index in [1.165, 1.54) is 35.5 Å². The first-order chi connectivity index (χ1) is 11.2. The quantitative estimate of drug-likeness (QED) is 0.661. The molecule has 3 heterocycles. The van der Waals surface area contributed by atoms with Crippen molar-refractivity contribution in [1.29, 1.82) is 0 Å². The van der Waals surface area contributed by atoms with Gasteiger partial charge in [0.25, 0.3) is 0 Å². The van der Waals surface area contributed by atoms with Gasteiger partial charge in [0, 0.05) is 18.6 Å². The van der Waals surface area contributed by atoms with Crippen molar-refractivity contribution in [1.82, 2.24) is 4.90 Å². The third-order valence-electron chi connectivity index (χ3n) is 13.2. The molecule has 1 heteroatoms. The van der Waals surface area contributed by atoms with Crippen molar-refractivity contribution >= 4 is 0 Å². The van der Waals surface area contributed by atoms with Crippen LogP contribution in [0.5, 0.6) is 0 Å². The normalized spacial score (nSPS) is 89.7. The van der Waals surface area contributed by atoms with E-state index < -0.39 is 0 Å². The highest BCUT2D eigenvalue weighted by Crippen LogP contribution is 3.01. The van der Waals surface area contributed by atoms with Gasteiger partial charge >= 0.3 is 0 Å². The van der Waals surface area contributed by atoms with Crippen LogP contribution >= 0.6 is 0 Å². The van der Waals surface area contributed by atoms with Gasteiger partial charge in [-0.05, 0) is 114 Å². The summed E-state index contributed by atoms with van der Waals surface area (Å²) in [7, 11) is 0. The van der Waals surface area contributed by atoms with Crippen molar-refractivity contribution in [3.05, 3.63) is 0 Å². The molecule has 0 amide bonds. The molecule has 3 spiro atoms. The lowest BCUT2D eigenvalue weighted by molar-refractivity contribution is -0.306. The molecule has 0 radical (unpaired) electrons. The van der Waals surface area contributed by atoms with E-state index in [1.807, 2.05) is 0 Å². The molecule has 14 unspecified atom stereocenters. The molecule has 8 aliphatic carbocycles. The van der Waals surface area contributed by atoms with E-state index in [-0.39, 0.29) is 0 Å². The van der Waals surface area contributed by atoms with Crippen LogP contribution in [0.15, 0.2) is 0 Å². The van der Waals surface area contributed by atoms with Gasteiger partial charge < -0.3 is 0 Å². The van der Waals surface area contributed by atoms with Gasteiger partial charge in [-0.25, -0.2) is 0 Å². The van der Waals surface area contributed by atoms with Gasteiger partial charge in [-0.3, -0.25) is 4.90 Å². The van der Waals surface area contributed by atoms with Crippen LogP contribution < -0.4 is 0 Å². The van der Waals surface area contributed by atoms with Crippen LogP contribution in [-0.2, 0) is 0 Å². The Bertz CT molecular complexity index is 757. The van der Waals surface area contributed by atoms with E-state index in [2.05, 4.69) is 4.90 Å². The maximum Gasteiger partial charge on any atom is 0.0193 e. The Kier molecular flexibility index (Phi) is 1.15. The Labute approximate surface area is 138 Å². The first kappa shape index (κ1) is 10.8. The number of hydrogen-bond donors (Lipinski definition) is 0. The monoisotopic (exact) mass is 305 g/mol. The fourth-order valence-corrected chi connectivity index (χ4v) is 14.3. The summed E-state index contributed by atoms with van der Waals surface area (Å²) in [5, 5.41) is 0. The topological polar surface area (TPSA) is 3.24 Å². The predicted molar refractivity (Wildman–Crippen MR) is 85.4 cm³/mol. The highest BCUT2D eigenvalue weighted by molar-refractivity contribution is 5.47. The number of nitrogens with zero attached hydrogens (tertiary/aromatic N) is 1. The summed E-state index contributed by atoms with van der Waals surface area (Å²) >= 11 is 0.